The number of likely N-dealkylation sites (tertiary alicyclic amines) is 1. The van der Waals surface area contributed by atoms with E-state index in [1.54, 1.807) is 0 Å². The Labute approximate surface area is 78.9 Å². The third-order valence-electron chi connectivity index (χ3n) is 5.13. The van der Waals surface area contributed by atoms with Gasteiger partial charge in [-0.15, -0.1) is 0 Å². The number of hydrogen-bond donors (Lipinski definition) is 1. The first-order valence-corrected chi connectivity index (χ1v) is 5.55. The van der Waals surface area contributed by atoms with Gasteiger partial charge in [0.25, 0.3) is 0 Å². The van der Waals surface area contributed by atoms with Crippen molar-refractivity contribution in [3.63, 3.8) is 0 Å². The fraction of sp³-hybridized carbons (Fsp3) is 1.00. The number of nitrogens with zero attached hydrogens (tertiary/aromatic N) is 1. The molecule has 4 aliphatic rings. The molecule has 1 heterocycles. The molecule has 0 spiro atoms. The molecule has 0 aromatic rings. The largest absolute Gasteiger partial charge is 0.396 e. The molecular weight excluding hydrogens is 162 g/mol. The minimum atomic E-state index is 0.344. The van der Waals surface area contributed by atoms with Gasteiger partial charge in [-0.1, -0.05) is 0 Å². The Kier molecular flexibility index (Phi) is 0.947. The minimum absolute atomic E-state index is 0.344. The Morgan fingerprint density at radius 3 is 2.15 bits per heavy atom. The summed E-state index contributed by atoms with van der Waals surface area (Å²) in [5.41, 5.74) is 1.98. The molecule has 0 unspecified atom stereocenters. The van der Waals surface area contributed by atoms with Crippen molar-refractivity contribution in [3.05, 3.63) is 0 Å². The number of aliphatic hydroxyl groups excluding tert-OH is 1. The average molecular weight is 179 g/mol. The van der Waals surface area contributed by atoms with Crippen LogP contribution in [-0.4, -0.2) is 36.2 Å². The lowest BCUT2D eigenvalue weighted by Crippen LogP contribution is -2.35. The van der Waals surface area contributed by atoms with Crippen molar-refractivity contribution >= 4 is 0 Å². The second-order valence-corrected chi connectivity index (χ2v) is 6.22. The highest BCUT2D eigenvalue weighted by Gasteiger charge is 2.85. The van der Waals surface area contributed by atoms with Crippen LogP contribution in [-0.2, 0) is 0 Å². The molecule has 1 saturated heterocycles. The van der Waals surface area contributed by atoms with Crippen LogP contribution in [0, 0.1) is 16.2 Å². The standard InChI is InChI=1S/C11H17NO/c13-8-9(1-2-9)5-12-6-10-3-11(10,4-10)7-12/h13H,1-8H2. The molecule has 0 bridgehead atoms. The molecule has 13 heavy (non-hydrogen) atoms. The summed E-state index contributed by atoms with van der Waals surface area (Å²) in [5.74, 6) is 0. The van der Waals surface area contributed by atoms with Gasteiger partial charge < -0.3 is 10.0 Å². The second-order valence-electron chi connectivity index (χ2n) is 6.22. The van der Waals surface area contributed by atoms with Gasteiger partial charge in [0.1, 0.15) is 0 Å². The Hall–Kier alpha value is -0.0800. The number of aliphatic hydroxyl groups is 1. The predicted octanol–water partition coefficient (Wildman–Crippen LogP) is 0.855. The molecule has 1 aliphatic heterocycles. The molecule has 1 N–H and O–H groups in total. The van der Waals surface area contributed by atoms with Crippen LogP contribution in [0.5, 0.6) is 0 Å². The molecule has 72 valence electrons. The van der Waals surface area contributed by atoms with E-state index in [2.05, 4.69) is 4.90 Å². The van der Waals surface area contributed by atoms with Gasteiger partial charge in [-0.2, -0.15) is 0 Å². The summed E-state index contributed by atoms with van der Waals surface area (Å²) >= 11 is 0. The molecular formula is C11H17NO. The van der Waals surface area contributed by atoms with Crippen LogP contribution in [0.4, 0.5) is 0 Å². The Balaban J connectivity index is 1.44. The highest BCUT2D eigenvalue weighted by molar-refractivity contribution is 5.36. The number of hydrogen-bond acceptors (Lipinski definition) is 2. The number of rotatable bonds is 3. The fourth-order valence-corrected chi connectivity index (χ4v) is 3.76. The van der Waals surface area contributed by atoms with Gasteiger partial charge in [0.15, 0.2) is 0 Å². The fourth-order valence-electron chi connectivity index (χ4n) is 3.76. The van der Waals surface area contributed by atoms with Gasteiger partial charge >= 0.3 is 0 Å². The van der Waals surface area contributed by atoms with E-state index in [1.807, 2.05) is 0 Å². The van der Waals surface area contributed by atoms with Gasteiger partial charge in [-0.05, 0) is 36.5 Å². The Morgan fingerprint density at radius 2 is 1.69 bits per heavy atom. The van der Waals surface area contributed by atoms with E-state index in [9.17, 15) is 5.11 Å². The molecule has 4 rings (SSSR count). The first-order chi connectivity index (χ1) is 6.22. The molecule has 0 aromatic heterocycles. The monoisotopic (exact) mass is 179 g/mol. The maximum atomic E-state index is 9.24. The van der Waals surface area contributed by atoms with Gasteiger partial charge in [-0.3, -0.25) is 0 Å². The maximum absolute atomic E-state index is 9.24. The lowest BCUT2D eigenvalue weighted by Gasteiger charge is -2.27. The van der Waals surface area contributed by atoms with Gasteiger partial charge in [0.05, 0.1) is 0 Å². The minimum Gasteiger partial charge on any atom is -0.396 e. The third kappa shape index (κ3) is 0.736. The van der Waals surface area contributed by atoms with Gasteiger partial charge in [0, 0.05) is 31.7 Å². The van der Waals surface area contributed by atoms with Gasteiger partial charge in [-0.25, -0.2) is 0 Å². The third-order valence-corrected chi connectivity index (χ3v) is 5.13. The normalized spacial score (nSPS) is 54.2. The smallest absolute Gasteiger partial charge is 0.0499 e. The molecule has 0 atom stereocenters. The molecule has 0 radical (unpaired) electrons. The first-order valence-electron chi connectivity index (χ1n) is 5.55. The molecule has 2 heteroatoms. The van der Waals surface area contributed by atoms with Crippen LogP contribution in [0.1, 0.15) is 25.7 Å². The Bertz CT molecular complexity index is 260. The summed E-state index contributed by atoms with van der Waals surface area (Å²) in [6.45, 7) is 4.32. The highest BCUT2D eigenvalue weighted by Crippen LogP contribution is 2.89. The predicted molar refractivity (Wildman–Crippen MR) is 49.3 cm³/mol. The van der Waals surface area contributed by atoms with Crippen molar-refractivity contribution in [1.82, 2.24) is 4.90 Å². The quantitative estimate of drug-likeness (QED) is 0.694. The van der Waals surface area contributed by atoms with E-state index < -0.39 is 0 Å². The van der Waals surface area contributed by atoms with E-state index in [0.29, 0.717) is 12.0 Å². The zero-order valence-corrected chi connectivity index (χ0v) is 8.05. The zero-order chi connectivity index (χ0) is 8.73. The lowest BCUT2D eigenvalue weighted by molar-refractivity contribution is 0.137. The summed E-state index contributed by atoms with van der Waals surface area (Å²) in [6, 6.07) is 0. The van der Waals surface area contributed by atoms with Crippen molar-refractivity contribution < 1.29 is 5.11 Å². The summed E-state index contributed by atoms with van der Waals surface area (Å²) in [7, 11) is 0. The topological polar surface area (TPSA) is 23.5 Å². The van der Waals surface area contributed by atoms with E-state index in [-0.39, 0.29) is 0 Å². The average Bonchev–Trinajstić information content (AvgIpc) is 2.97. The van der Waals surface area contributed by atoms with E-state index in [1.165, 1.54) is 45.3 Å². The Morgan fingerprint density at radius 1 is 1.08 bits per heavy atom. The van der Waals surface area contributed by atoms with Crippen LogP contribution in [0.25, 0.3) is 0 Å². The summed E-state index contributed by atoms with van der Waals surface area (Å²) < 4.78 is 0. The van der Waals surface area contributed by atoms with Crippen molar-refractivity contribution in [1.29, 1.82) is 0 Å². The van der Waals surface area contributed by atoms with Crippen LogP contribution in [0.2, 0.25) is 0 Å². The van der Waals surface area contributed by atoms with Crippen LogP contribution < -0.4 is 0 Å². The molecule has 3 aliphatic carbocycles. The van der Waals surface area contributed by atoms with Crippen molar-refractivity contribution in [2.75, 3.05) is 26.2 Å². The molecule has 0 aromatic carbocycles. The summed E-state index contributed by atoms with van der Waals surface area (Å²) in [4.78, 5) is 2.62. The van der Waals surface area contributed by atoms with Crippen molar-refractivity contribution in [2.24, 2.45) is 16.2 Å². The summed E-state index contributed by atoms with van der Waals surface area (Å²) in [6.07, 6.45) is 5.59. The van der Waals surface area contributed by atoms with Crippen molar-refractivity contribution in [3.8, 4) is 0 Å². The molecule has 3 saturated carbocycles. The molecule has 2 nitrogen and oxygen atoms in total. The molecule has 0 amide bonds. The first kappa shape index (κ1) is 7.24. The molecule has 4 fully saturated rings. The maximum Gasteiger partial charge on any atom is 0.0499 e. The van der Waals surface area contributed by atoms with Crippen LogP contribution in [0.3, 0.4) is 0 Å². The number of piperidine rings is 2. The van der Waals surface area contributed by atoms with E-state index in [4.69, 9.17) is 0 Å². The lowest BCUT2D eigenvalue weighted by atomic mass is 10.1. The zero-order valence-electron chi connectivity index (χ0n) is 8.05. The SMILES string of the molecule is OCC1(CN2CC34CC3(C2)C4)CC1. The van der Waals surface area contributed by atoms with Crippen LogP contribution in [0.15, 0.2) is 0 Å². The summed E-state index contributed by atoms with van der Waals surface area (Å²) in [5, 5.41) is 9.24. The van der Waals surface area contributed by atoms with Crippen molar-refractivity contribution in [2.45, 2.75) is 25.7 Å². The van der Waals surface area contributed by atoms with E-state index in [0.717, 1.165) is 10.8 Å². The van der Waals surface area contributed by atoms with Gasteiger partial charge in [0.2, 0.25) is 0 Å². The van der Waals surface area contributed by atoms with Crippen LogP contribution >= 0.6 is 0 Å². The second kappa shape index (κ2) is 1.70. The highest BCUT2D eigenvalue weighted by atomic mass is 16.3. The van der Waals surface area contributed by atoms with E-state index >= 15 is 0 Å².